The highest BCUT2D eigenvalue weighted by molar-refractivity contribution is 7.99. The molecular weight excluding hydrogens is 354 g/mol. The number of fused-ring (bicyclic) bond motifs is 1. The van der Waals surface area contributed by atoms with Crippen LogP contribution in [0, 0.1) is 12.8 Å². The Kier molecular flexibility index (Phi) is 5.54. The predicted octanol–water partition coefficient (Wildman–Crippen LogP) is 3.20. The van der Waals surface area contributed by atoms with Gasteiger partial charge in [-0.2, -0.15) is 0 Å². The molecule has 0 bridgehead atoms. The maximum Gasteiger partial charge on any atom is 0.257 e. The van der Waals surface area contributed by atoms with E-state index >= 15 is 0 Å². The maximum absolute atomic E-state index is 12.6. The highest BCUT2D eigenvalue weighted by Gasteiger charge is 2.28. The molecule has 2 heterocycles. The van der Waals surface area contributed by atoms with E-state index in [0.717, 1.165) is 21.8 Å². The molecule has 1 amide bonds. The minimum Gasteiger partial charge on any atom is -0.326 e. The second-order valence-corrected chi connectivity index (χ2v) is 7.82. The first-order valence-electron chi connectivity index (χ1n) is 8.21. The normalized spacial score (nSPS) is 16.4. The number of carbonyl (C=O) groups is 1. The summed E-state index contributed by atoms with van der Waals surface area (Å²) in [4.78, 5) is 30.9. The van der Waals surface area contributed by atoms with Gasteiger partial charge < -0.3 is 5.32 Å². The molecule has 1 atom stereocenters. The number of aryl methyl sites for hydroxylation is 1. The topological polar surface area (TPSA) is 64.0 Å². The number of anilines is 1. The maximum atomic E-state index is 12.6. The molecule has 1 unspecified atom stereocenters. The Morgan fingerprint density at radius 1 is 1.40 bits per heavy atom. The molecule has 1 N–H and O–H groups in total. The highest BCUT2D eigenvalue weighted by atomic mass is 32.2. The van der Waals surface area contributed by atoms with Crippen LogP contribution in [-0.4, -0.2) is 27.5 Å². The lowest BCUT2D eigenvalue weighted by Crippen LogP contribution is -2.38. The summed E-state index contributed by atoms with van der Waals surface area (Å²) in [5, 5.41) is 3.67. The number of amides is 1. The molecule has 1 aromatic carbocycles. The third-order valence-corrected chi connectivity index (χ3v) is 6.22. The molecule has 1 aliphatic heterocycles. The standard InChI is InChI=1S/C18H21N3O2S2/c1-4-15-11(2)19-18-21(17(15)23)9-12(10-25-18)16(22)20-13-5-7-14(24-3)8-6-13/h5-8,12H,4,9-10H2,1-3H3,(H,20,22). The second-order valence-electron chi connectivity index (χ2n) is 5.95. The Balaban J connectivity index is 1.77. The number of nitrogens with zero attached hydrogens (tertiary/aromatic N) is 2. The Hall–Kier alpha value is -1.73. The van der Waals surface area contributed by atoms with Crippen LogP contribution < -0.4 is 10.9 Å². The number of rotatable bonds is 4. The Morgan fingerprint density at radius 3 is 2.76 bits per heavy atom. The number of hydrogen-bond donors (Lipinski definition) is 1. The quantitative estimate of drug-likeness (QED) is 0.657. The third kappa shape index (κ3) is 3.77. The van der Waals surface area contributed by atoms with Gasteiger partial charge in [-0.05, 0) is 43.9 Å². The third-order valence-electron chi connectivity index (χ3n) is 4.33. The number of hydrogen-bond acceptors (Lipinski definition) is 5. The second kappa shape index (κ2) is 7.66. The zero-order chi connectivity index (χ0) is 18.0. The van der Waals surface area contributed by atoms with Gasteiger partial charge in [0, 0.05) is 34.1 Å². The van der Waals surface area contributed by atoms with E-state index in [0.29, 0.717) is 23.9 Å². The van der Waals surface area contributed by atoms with Crippen molar-refractivity contribution in [2.45, 2.75) is 36.9 Å². The van der Waals surface area contributed by atoms with Crippen molar-refractivity contribution in [3.05, 3.63) is 45.9 Å². The zero-order valence-corrected chi connectivity index (χ0v) is 16.2. The number of benzene rings is 1. The molecule has 0 saturated carbocycles. The van der Waals surface area contributed by atoms with Gasteiger partial charge in [-0.25, -0.2) is 4.98 Å². The van der Waals surface area contributed by atoms with Crippen LogP contribution in [-0.2, 0) is 17.8 Å². The highest BCUT2D eigenvalue weighted by Crippen LogP contribution is 2.27. The molecule has 0 spiro atoms. The summed E-state index contributed by atoms with van der Waals surface area (Å²) in [6, 6.07) is 7.77. The van der Waals surface area contributed by atoms with Crippen molar-refractivity contribution in [1.82, 2.24) is 9.55 Å². The molecule has 132 valence electrons. The molecular formula is C18H21N3O2S2. The van der Waals surface area contributed by atoms with Crippen molar-refractivity contribution in [3.8, 4) is 0 Å². The summed E-state index contributed by atoms with van der Waals surface area (Å²) in [5.74, 6) is 0.330. The lowest BCUT2D eigenvalue weighted by Gasteiger charge is -2.25. The van der Waals surface area contributed by atoms with Gasteiger partial charge in [-0.15, -0.1) is 11.8 Å². The molecule has 1 aliphatic rings. The fourth-order valence-corrected chi connectivity index (χ4v) is 4.41. The number of thioether (sulfide) groups is 2. The number of carbonyl (C=O) groups excluding carboxylic acids is 1. The Labute approximate surface area is 155 Å². The van der Waals surface area contributed by atoms with Gasteiger partial charge >= 0.3 is 0 Å². The van der Waals surface area contributed by atoms with Crippen molar-refractivity contribution in [3.63, 3.8) is 0 Å². The molecule has 2 aromatic rings. The van der Waals surface area contributed by atoms with E-state index in [-0.39, 0.29) is 17.4 Å². The largest absolute Gasteiger partial charge is 0.326 e. The van der Waals surface area contributed by atoms with Crippen molar-refractivity contribution in [2.75, 3.05) is 17.3 Å². The van der Waals surface area contributed by atoms with E-state index < -0.39 is 0 Å². The van der Waals surface area contributed by atoms with Gasteiger partial charge in [0.15, 0.2) is 5.16 Å². The SMILES string of the molecule is CCc1c(C)nc2n(c1=O)CC(C(=O)Nc1ccc(SC)cc1)CS2. The zero-order valence-electron chi connectivity index (χ0n) is 14.5. The smallest absolute Gasteiger partial charge is 0.257 e. The number of nitrogens with one attached hydrogen (secondary N) is 1. The molecule has 0 radical (unpaired) electrons. The first-order chi connectivity index (χ1) is 12.0. The van der Waals surface area contributed by atoms with Crippen LogP contribution in [0.2, 0.25) is 0 Å². The minimum atomic E-state index is -0.246. The molecule has 0 saturated heterocycles. The molecule has 25 heavy (non-hydrogen) atoms. The van der Waals surface area contributed by atoms with Gasteiger partial charge in [0.2, 0.25) is 5.91 Å². The molecule has 3 rings (SSSR count). The molecule has 0 aliphatic carbocycles. The average molecular weight is 376 g/mol. The minimum absolute atomic E-state index is 0.0145. The summed E-state index contributed by atoms with van der Waals surface area (Å²) in [5.41, 5.74) is 2.29. The van der Waals surface area contributed by atoms with Crippen LogP contribution in [0.25, 0.3) is 0 Å². The van der Waals surface area contributed by atoms with E-state index in [9.17, 15) is 9.59 Å². The molecule has 0 fully saturated rings. The summed E-state index contributed by atoms with van der Waals surface area (Å²) in [7, 11) is 0. The Morgan fingerprint density at radius 2 is 2.12 bits per heavy atom. The van der Waals surface area contributed by atoms with E-state index in [2.05, 4.69) is 10.3 Å². The first kappa shape index (κ1) is 18.1. The van der Waals surface area contributed by atoms with E-state index in [4.69, 9.17) is 0 Å². The monoisotopic (exact) mass is 375 g/mol. The number of aromatic nitrogens is 2. The summed E-state index contributed by atoms with van der Waals surface area (Å²) < 4.78 is 1.65. The lowest BCUT2D eigenvalue weighted by atomic mass is 10.1. The molecule has 7 heteroatoms. The van der Waals surface area contributed by atoms with Gasteiger partial charge in [-0.1, -0.05) is 18.7 Å². The van der Waals surface area contributed by atoms with Crippen LogP contribution in [0.4, 0.5) is 5.69 Å². The van der Waals surface area contributed by atoms with Gasteiger partial charge in [-0.3, -0.25) is 14.2 Å². The van der Waals surface area contributed by atoms with Gasteiger partial charge in [0.05, 0.1) is 5.92 Å². The van der Waals surface area contributed by atoms with E-state index in [1.807, 2.05) is 44.4 Å². The predicted molar refractivity (Wildman–Crippen MR) is 104 cm³/mol. The van der Waals surface area contributed by atoms with Crippen LogP contribution in [0.3, 0.4) is 0 Å². The fraction of sp³-hybridized carbons (Fsp3) is 0.389. The van der Waals surface area contributed by atoms with Crippen molar-refractivity contribution >= 4 is 35.1 Å². The van der Waals surface area contributed by atoms with E-state index in [1.54, 1.807) is 16.3 Å². The van der Waals surface area contributed by atoms with Crippen molar-refractivity contribution < 1.29 is 4.79 Å². The van der Waals surface area contributed by atoms with Crippen LogP contribution in [0.1, 0.15) is 18.2 Å². The Bertz CT molecular complexity index is 847. The summed E-state index contributed by atoms with van der Waals surface area (Å²) in [6.45, 7) is 4.21. The van der Waals surface area contributed by atoms with Crippen molar-refractivity contribution in [1.29, 1.82) is 0 Å². The van der Waals surface area contributed by atoms with E-state index in [1.165, 1.54) is 11.8 Å². The van der Waals surface area contributed by atoms with Gasteiger partial charge in [0.25, 0.3) is 5.56 Å². The summed E-state index contributed by atoms with van der Waals surface area (Å²) in [6.07, 6.45) is 2.67. The fourth-order valence-electron chi connectivity index (χ4n) is 2.88. The molecule has 5 nitrogen and oxygen atoms in total. The lowest BCUT2D eigenvalue weighted by molar-refractivity contribution is -0.119. The van der Waals surface area contributed by atoms with Gasteiger partial charge in [0.1, 0.15) is 0 Å². The van der Waals surface area contributed by atoms with Crippen molar-refractivity contribution in [2.24, 2.45) is 5.92 Å². The average Bonchev–Trinajstić information content (AvgIpc) is 2.62. The summed E-state index contributed by atoms with van der Waals surface area (Å²) >= 11 is 3.14. The van der Waals surface area contributed by atoms with Crippen LogP contribution in [0.15, 0.2) is 39.1 Å². The van der Waals surface area contributed by atoms with Crippen LogP contribution in [0.5, 0.6) is 0 Å². The first-order valence-corrected chi connectivity index (χ1v) is 10.4. The van der Waals surface area contributed by atoms with Crippen LogP contribution >= 0.6 is 23.5 Å². The molecule has 1 aromatic heterocycles.